The van der Waals surface area contributed by atoms with Gasteiger partial charge >= 0.3 is 0 Å². The molecule has 5 heteroatoms. The Labute approximate surface area is 100 Å². The van der Waals surface area contributed by atoms with Crippen LogP contribution in [0.4, 0.5) is 0 Å². The van der Waals surface area contributed by atoms with Crippen molar-refractivity contribution in [3.05, 3.63) is 24.2 Å². The van der Waals surface area contributed by atoms with Crippen molar-refractivity contribution in [3.8, 4) is 0 Å². The molecular formula is C11H16N2O2S. The summed E-state index contributed by atoms with van der Waals surface area (Å²) in [5.41, 5.74) is 5.72. The monoisotopic (exact) mass is 240 g/mol. The van der Waals surface area contributed by atoms with Gasteiger partial charge in [-0.2, -0.15) is 0 Å². The first kappa shape index (κ1) is 12.7. The molecule has 0 radical (unpaired) electrons. The summed E-state index contributed by atoms with van der Waals surface area (Å²) in [6.45, 7) is 4.06. The maximum atomic E-state index is 11.9. The lowest BCUT2D eigenvalue weighted by Crippen LogP contribution is -2.46. The third-order valence-electron chi connectivity index (χ3n) is 2.79. The van der Waals surface area contributed by atoms with Crippen molar-refractivity contribution < 1.29 is 9.21 Å². The standard InChI is InChI=1S/C11H16N2O2S/c1-3-11(2,9(12)16)10(14)13-6-8-4-5-15-7-8/h4-5,7H,3,6H2,1-2H3,(H2,12,16)(H,13,14). The van der Waals surface area contributed by atoms with E-state index in [1.165, 1.54) is 0 Å². The van der Waals surface area contributed by atoms with Gasteiger partial charge in [0.05, 0.1) is 22.9 Å². The second kappa shape index (κ2) is 5.12. The molecule has 0 saturated heterocycles. The minimum atomic E-state index is -0.779. The van der Waals surface area contributed by atoms with E-state index in [1.807, 2.05) is 6.92 Å². The Morgan fingerprint density at radius 1 is 1.69 bits per heavy atom. The highest BCUT2D eigenvalue weighted by Crippen LogP contribution is 2.21. The van der Waals surface area contributed by atoms with Gasteiger partial charge in [0.2, 0.25) is 5.91 Å². The number of hydrogen-bond acceptors (Lipinski definition) is 3. The normalized spacial score (nSPS) is 14.1. The Balaban J connectivity index is 2.60. The number of nitrogens with one attached hydrogen (secondary N) is 1. The molecule has 0 spiro atoms. The molecule has 0 aromatic carbocycles. The first-order chi connectivity index (χ1) is 7.50. The lowest BCUT2D eigenvalue weighted by molar-refractivity contribution is -0.127. The molecule has 0 aliphatic rings. The second-order valence-electron chi connectivity index (χ2n) is 3.86. The minimum Gasteiger partial charge on any atom is -0.472 e. The highest BCUT2D eigenvalue weighted by Gasteiger charge is 2.34. The van der Waals surface area contributed by atoms with Crippen molar-refractivity contribution in [3.63, 3.8) is 0 Å². The van der Waals surface area contributed by atoms with Gasteiger partial charge in [-0.3, -0.25) is 4.79 Å². The van der Waals surface area contributed by atoms with E-state index < -0.39 is 5.41 Å². The van der Waals surface area contributed by atoms with E-state index in [0.29, 0.717) is 13.0 Å². The zero-order chi connectivity index (χ0) is 12.2. The van der Waals surface area contributed by atoms with E-state index in [2.05, 4.69) is 5.32 Å². The minimum absolute atomic E-state index is 0.149. The zero-order valence-electron chi connectivity index (χ0n) is 9.45. The van der Waals surface area contributed by atoms with E-state index in [4.69, 9.17) is 22.4 Å². The number of nitrogens with two attached hydrogens (primary N) is 1. The number of carbonyl (C=O) groups is 1. The number of hydrogen-bond donors (Lipinski definition) is 2. The fourth-order valence-corrected chi connectivity index (χ4v) is 1.45. The Hall–Kier alpha value is -1.36. The lowest BCUT2D eigenvalue weighted by Gasteiger charge is -2.25. The summed E-state index contributed by atoms with van der Waals surface area (Å²) >= 11 is 4.92. The van der Waals surface area contributed by atoms with Crippen LogP contribution < -0.4 is 11.1 Å². The summed E-state index contributed by atoms with van der Waals surface area (Å²) in [6.07, 6.45) is 3.73. The van der Waals surface area contributed by atoms with Crippen LogP contribution in [-0.2, 0) is 11.3 Å². The first-order valence-electron chi connectivity index (χ1n) is 5.10. The van der Waals surface area contributed by atoms with Gasteiger partial charge in [0.25, 0.3) is 0 Å². The lowest BCUT2D eigenvalue weighted by atomic mass is 9.86. The topological polar surface area (TPSA) is 68.3 Å². The van der Waals surface area contributed by atoms with Crippen molar-refractivity contribution in [1.82, 2.24) is 5.32 Å². The Morgan fingerprint density at radius 3 is 2.81 bits per heavy atom. The van der Waals surface area contributed by atoms with Crippen LogP contribution in [0.1, 0.15) is 25.8 Å². The Bertz CT molecular complexity index is 375. The van der Waals surface area contributed by atoms with Crippen LogP contribution in [0.2, 0.25) is 0 Å². The van der Waals surface area contributed by atoms with E-state index in [0.717, 1.165) is 5.56 Å². The Kier molecular flexibility index (Phi) is 4.06. The summed E-state index contributed by atoms with van der Waals surface area (Å²) in [5.74, 6) is -0.149. The van der Waals surface area contributed by atoms with Crippen LogP contribution in [0.5, 0.6) is 0 Å². The number of amides is 1. The number of furan rings is 1. The average Bonchev–Trinajstić information content (AvgIpc) is 2.77. The summed E-state index contributed by atoms with van der Waals surface area (Å²) in [4.78, 5) is 12.1. The van der Waals surface area contributed by atoms with Gasteiger partial charge < -0.3 is 15.5 Å². The van der Waals surface area contributed by atoms with Crippen LogP contribution in [0.3, 0.4) is 0 Å². The molecule has 1 rings (SSSR count). The smallest absolute Gasteiger partial charge is 0.233 e. The predicted molar refractivity (Wildman–Crippen MR) is 65.7 cm³/mol. The highest BCUT2D eigenvalue weighted by molar-refractivity contribution is 7.80. The molecule has 16 heavy (non-hydrogen) atoms. The molecule has 1 unspecified atom stereocenters. The van der Waals surface area contributed by atoms with Gasteiger partial charge in [0.15, 0.2) is 0 Å². The van der Waals surface area contributed by atoms with Crippen LogP contribution in [-0.4, -0.2) is 10.9 Å². The van der Waals surface area contributed by atoms with Crippen molar-refractivity contribution in [1.29, 1.82) is 0 Å². The van der Waals surface area contributed by atoms with Gasteiger partial charge in [0, 0.05) is 12.1 Å². The van der Waals surface area contributed by atoms with Gasteiger partial charge in [-0.05, 0) is 19.4 Å². The molecule has 0 bridgehead atoms. The summed E-state index contributed by atoms with van der Waals surface area (Å²) in [7, 11) is 0. The molecule has 0 fully saturated rings. The fraction of sp³-hybridized carbons (Fsp3) is 0.455. The zero-order valence-corrected chi connectivity index (χ0v) is 10.3. The van der Waals surface area contributed by atoms with Crippen LogP contribution in [0, 0.1) is 5.41 Å². The molecule has 1 aromatic heterocycles. The first-order valence-corrected chi connectivity index (χ1v) is 5.51. The molecule has 88 valence electrons. The van der Waals surface area contributed by atoms with Crippen LogP contribution in [0.15, 0.2) is 23.0 Å². The second-order valence-corrected chi connectivity index (χ2v) is 4.30. The summed E-state index contributed by atoms with van der Waals surface area (Å²) < 4.78 is 4.90. The van der Waals surface area contributed by atoms with Gasteiger partial charge in [-0.15, -0.1) is 0 Å². The number of rotatable bonds is 5. The summed E-state index contributed by atoms with van der Waals surface area (Å²) in [6, 6.07) is 1.80. The third-order valence-corrected chi connectivity index (χ3v) is 3.24. The number of thiocarbonyl (C=S) groups is 1. The molecule has 1 heterocycles. The van der Waals surface area contributed by atoms with Gasteiger partial charge in [0.1, 0.15) is 0 Å². The van der Waals surface area contributed by atoms with Gasteiger partial charge in [-0.25, -0.2) is 0 Å². The highest BCUT2D eigenvalue weighted by atomic mass is 32.1. The summed E-state index contributed by atoms with van der Waals surface area (Å²) in [5, 5.41) is 2.79. The molecule has 1 atom stereocenters. The molecule has 1 amide bonds. The van der Waals surface area contributed by atoms with Crippen molar-refractivity contribution in [2.75, 3.05) is 0 Å². The van der Waals surface area contributed by atoms with Crippen molar-refractivity contribution in [2.45, 2.75) is 26.8 Å². The quantitative estimate of drug-likeness (QED) is 0.767. The van der Waals surface area contributed by atoms with Crippen LogP contribution >= 0.6 is 12.2 Å². The van der Waals surface area contributed by atoms with E-state index >= 15 is 0 Å². The average molecular weight is 240 g/mol. The number of carbonyl (C=O) groups excluding carboxylic acids is 1. The third kappa shape index (κ3) is 2.61. The van der Waals surface area contributed by atoms with E-state index in [1.54, 1.807) is 25.5 Å². The molecule has 0 saturated carbocycles. The predicted octanol–water partition coefficient (Wildman–Crippen LogP) is 1.60. The van der Waals surface area contributed by atoms with Crippen molar-refractivity contribution in [2.24, 2.45) is 11.1 Å². The Morgan fingerprint density at radius 2 is 2.38 bits per heavy atom. The van der Waals surface area contributed by atoms with Crippen molar-refractivity contribution >= 4 is 23.1 Å². The van der Waals surface area contributed by atoms with E-state index in [-0.39, 0.29) is 10.9 Å². The van der Waals surface area contributed by atoms with Gasteiger partial charge in [-0.1, -0.05) is 19.1 Å². The molecule has 0 aliphatic heterocycles. The largest absolute Gasteiger partial charge is 0.472 e. The molecular weight excluding hydrogens is 224 g/mol. The molecule has 4 nitrogen and oxygen atoms in total. The fourth-order valence-electron chi connectivity index (χ4n) is 1.22. The van der Waals surface area contributed by atoms with E-state index in [9.17, 15) is 4.79 Å². The molecule has 0 aliphatic carbocycles. The SMILES string of the molecule is CCC(C)(C(=O)NCc1ccoc1)C(N)=S. The maximum Gasteiger partial charge on any atom is 0.233 e. The molecule has 1 aromatic rings. The molecule has 3 N–H and O–H groups in total. The maximum absolute atomic E-state index is 11.9. The van der Waals surface area contributed by atoms with Crippen LogP contribution in [0.25, 0.3) is 0 Å².